The highest BCUT2D eigenvalue weighted by Crippen LogP contribution is 2.22. The van der Waals surface area contributed by atoms with Crippen molar-refractivity contribution in [3.8, 4) is 11.1 Å². The Hall–Kier alpha value is -4.13. The summed E-state index contributed by atoms with van der Waals surface area (Å²) in [6.45, 7) is 2.24. The van der Waals surface area contributed by atoms with Crippen LogP contribution in [0.15, 0.2) is 77.6 Å². The van der Waals surface area contributed by atoms with Gasteiger partial charge in [-0.25, -0.2) is 4.68 Å². The third kappa shape index (κ3) is 5.92. The summed E-state index contributed by atoms with van der Waals surface area (Å²) in [7, 11) is 0. The molecule has 184 valence electrons. The fourth-order valence-corrected chi connectivity index (χ4v) is 4.20. The van der Waals surface area contributed by atoms with Crippen molar-refractivity contribution >= 4 is 22.7 Å². The van der Waals surface area contributed by atoms with Crippen molar-refractivity contribution < 1.29 is 14.7 Å². The van der Waals surface area contributed by atoms with E-state index in [9.17, 15) is 19.5 Å². The molecule has 7 nitrogen and oxygen atoms in total. The molecule has 0 saturated carbocycles. The lowest BCUT2D eigenvalue weighted by Crippen LogP contribution is -2.27. The molecule has 1 N–H and O–H groups in total. The molecule has 1 unspecified atom stereocenters. The molecule has 1 atom stereocenters. The van der Waals surface area contributed by atoms with Gasteiger partial charge in [0, 0.05) is 18.5 Å². The molecule has 0 fully saturated rings. The van der Waals surface area contributed by atoms with Crippen LogP contribution in [0.5, 0.6) is 0 Å². The molecule has 0 radical (unpaired) electrons. The minimum absolute atomic E-state index is 0.0636. The molecule has 7 heteroatoms. The molecule has 4 rings (SSSR count). The van der Waals surface area contributed by atoms with Gasteiger partial charge in [0.25, 0.3) is 5.56 Å². The van der Waals surface area contributed by atoms with Crippen LogP contribution >= 0.6 is 0 Å². The number of Topliss-reactive ketones (excluding diaryl/α,β-unsaturated/α-hetero) is 1. The van der Waals surface area contributed by atoms with E-state index in [4.69, 9.17) is 0 Å². The maximum absolute atomic E-state index is 12.8. The maximum Gasteiger partial charge on any atom is 0.307 e. The summed E-state index contributed by atoms with van der Waals surface area (Å²) in [6.07, 6.45) is 3.33. The Morgan fingerprint density at radius 2 is 1.61 bits per heavy atom. The van der Waals surface area contributed by atoms with Crippen LogP contribution in [-0.2, 0) is 17.8 Å². The number of ketones is 1. The molecule has 1 heterocycles. The third-order valence-corrected chi connectivity index (χ3v) is 6.41. The number of hydrogen-bond donors (Lipinski definition) is 1. The van der Waals surface area contributed by atoms with Crippen LogP contribution in [0.25, 0.3) is 22.0 Å². The largest absolute Gasteiger partial charge is 0.481 e. The molecule has 0 amide bonds. The first kappa shape index (κ1) is 25.0. The smallest absolute Gasteiger partial charge is 0.307 e. The van der Waals surface area contributed by atoms with Gasteiger partial charge >= 0.3 is 5.97 Å². The second-order valence-corrected chi connectivity index (χ2v) is 8.96. The highest BCUT2D eigenvalue weighted by atomic mass is 16.4. The number of carboxylic acids is 1. The van der Waals surface area contributed by atoms with Gasteiger partial charge in [0.05, 0.1) is 11.3 Å². The number of carboxylic acid groups (broad SMARTS) is 1. The van der Waals surface area contributed by atoms with Crippen molar-refractivity contribution in [2.24, 2.45) is 5.92 Å². The van der Waals surface area contributed by atoms with Gasteiger partial charge < -0.3 is 5.11 Å². The van der Waals surface area contributed by atoms with Crippen molar-refractivity contribution in [2.75, 3.05) is 0 Å². The van der Waals surface area contributed by atoms with E-state index >= 15 is 0 Å². The average molecular weight is 484 g/mol. The number of benzene rings is 3. The van der Waals surface area contributed by atoms with Gasteiger partial charge in [-0.15, -0.1) is 5.10 Å². The highest BCUT2D eigenvalue weighted by molar-refractivity contribution is 5.98. The lowest BCUT2D eigenvalue weighted by molar-refractivity contribution is -0.142. The summed E-state index contributed by atoms with van der Waals surface area (Å²) in [6, 6.07) is 22.5. The Labute approximate surface area is 209 Å². The van der Waals surface area contributed by atoms with E-state index in [0.717, 1.165) is 28.7 Å². The van der Waals surface area contributed by atoms with Crippen molar-refractivity contribution in [1.29, 1.82) is 0 Å². The minimum Gasteiger partial charge on any atom is -0.481 e. The number of aliphatic carboxylic acids is 1. The molecular weight excluding hydrogens is 454 g/mol. The van der Waals surface area contributed by atoms with Crippen molar-refractivity contribution in [2.45, 2.75) is 45.6 Å². The summed E-state index contributed by atoms with van der Waals surface area (Å²) >= 11 is 0. The summed E-state index contributed by atoms with van der Waals surface area (Å²) in [5, 5.41) is 18.0. The lowest BCUT2D eigenvalue weighted by atomic mass is 9.94. The predicted octanol–water partition coefficient (Wildman–Crippen LogP) is 5.17. The first-order valence-electron chi connectivity index (χ1n) is 12.2. The van der Waals surface area contributed by atoms with Crippen LogP contribution in [-0.4, -0.2) is 31.9 Å². The van der Waals surface area contributed by atoms with Crippen molar-refractivity contribution in [3.63, 3.8) is 0 Å². The topological polar surface area (TPSA) is 102 Å². The molecule has 0 bridgehead atoms. The highest BCUT2D eigenvalue weighted by Gasteiger charge is 2.23. The van der Waals surface area contributed by atoms with Gasteiger partial charge in [0.1, 0.15) is 5.52 Å². The Balaban J connectivity index is 1.40. The molecular formula is C29H29N3O4. The summed E-state index contributed by atoms with van der Waals surface area (Å²) in [5.74, 6) is -2.27. The van der Waals surface area contributed by atoms with E-state index < -0.39 is 11.9 Å². The minimum atomic E-state index is -1.08. The summed E-state index contributed by atoms with van der Waals surface area (Å²) in [5.41, 5.74) is 4.00. The zero-order valence-corrected chi connectivity index (χ0v) is 20.3. The Bertz CT molecular complexity index is 1410. The van der Waals surface area contributed by atoms with E-state index in [1.807, 2.05) is 12.1 Å². The van der Waals surface area contributed by atoms with Gasteiger partial charge in [0.15, 0.2) is 5.78 Å². The number of carbonyl (C=O) groups is 2. The third-order valence-electron chi connectivity index (χ3n) is 6.41. The average Bonchev–Trinajstić information content (AvgIpc) is 2.91. The number of aromatic nitrogens is 3. The number of hydrogen-bond acceptors (Lipinski definition) is 5. The van der Waals surface area contributed by atoms with Gasteiger partial charge in [0.2, 0.25) is 0 Å². The zero-order valence-electron chi connectivity index (χ0n) is 20.3. The van der Waals surface area contributed by atoms with Gasteiger partial charge in [-0.3, -0.25) is 14.4 Å². The van der Waals surface area contributed by atoms with Gasteiger partial charge in [-0.1, -0.05) is 79.2 Å². The van der Waals surface area contributed by atoms with Crippen LogP contribution < -0.4 is 5.56 Å². The van der Waals surface area contributed by atoms with E-state index in [2.05, 4.69) is 41.5 Å². The Morgan fingerprint density at radius 3 is 2.28 bits per heavy atom. The zero-order chi connectivity index (χ0) is 25.5. The first-order chi connectivity index (χ1) is 17.5. The number of fused-ring (bicyclic) bond motifs is 1. The number of unbranched alkanes of at least 4 members (excludes halogenated alkanes) is 1. The SMILES string of the molecule is CCCCc1ccc(-c2ccc(C(=O)CC(CCn3nnc4ccccc4c3=O)C(=O)O)cc2)cc1. The molecule has 0 saturated heterocycles. The quantitative estimate of drug-likeness (QED) is 0.296. The lowest BCUT2D eigenvalue weighted by Gasteiger charge is -2.12. The van der Waals surface area contributed by atoms with Crippen LogP contribution in [0.4, 0.5) is 0 Å². The molecule has 1 aromatic heterocycles. The molecule has 4 aromatic rings. The first-order valence-corrected chi connectivity index (χ1v) is 12.2. The van der Waals surface area contributed by atoms with Crippen LogP contribution in [0.2, 0.25) is 0 Å². The van der Waals surface area contributed by atoms with Gasteiger partial charge in [-0.2, -0.15) is 0 Å². The van der Waals surface area contributed by atoms with E-state index in [1.54, 1.807) is 36.4 Å². The van der Waals surface area contributed by atoms with E-state index in [0.29, 0.717) is 16.5 Å². The number of carbonyl (C=O) groups excluding carboxylic acids is 1. The standard InChI is InChI=1S/C29H29N3O4/c1-2-3-6-20-9-11-21(12-10-20)22-13-15-23(16-14-22)27(33)19-24(29(35)36)17-18-32-28(34)25-7-4-5-8-26(25)30-31-32/h4-5,7-16,24H,2-3,6,17-19H2,1H3,(H,35,36). The Morgan fingerprint density at radius 1 is 0.944 bits per heavy atom. The van der Waals surface area contributed by atoms with Crippen molar-refractivity contribution in [1.82, 2.24) is 15.0 Å². The monoisotopic (exact) mass is 483 g/mol. The number of nitrogens with zero attached hydrogens (tertiary/aromatic N) is 3. The van der Waals surface area contributed by atoms with Crippen LogP contribution in [0.1, 0.15) is 48.5 Å². The molecule has 3 aromatic carbocycles. The predicted molar refractivity (Wildman–Crippen MR) is 139 cm³/mol. The molecule has 0 aliphatic carbocycles. The van der Waals surface area contributed by atoms with Crippen LogP contribution in [0.3, 0.4) is 0 Å². The molecule has 0 aliphatic heterocycles. The fraction of sp³-hybridized carbons (Fsp3) is 0.276. The van der Waals surface area contributed by atoms with E-state index in [-0.39, 0.29) is 30.7 Å². The van der Waals surface area contributed by atoms with Crippen molar-refractivity contribution in [3.05, 3.63) is 94.3 Å². The second kappa shape index (κ2) is 11.5. The molecule has 0 spiro atoms. The fourth-order valence-electron chi connectivity index (χ4n) is 4.20. The number of aryl methyl sites for hydroxylation is 2. The second-order valence-electron chi connectivity index (χ2n) is 8.96. The van der Waals surface area contributed by atoms with E-state index in [1.165, 1.54) is 12.0 Å². The summed E-state index contributed by atoms with van der Waals surface area (Å²) < 4.78 is 1.16. The number of rotatable bonds is 11. The summed E-state index contributed by atoms with van der Waals surface area (Å²) in [4.78, 5) is 37.3. The Kier molecular flexibility index (Phi) is 8.00. The molecule has 0 aliphatic rings. The molecule has 36 heavy (non-hydrogen) atoms. The van der Waals surface area contributed by atoms with Gasteiger partial charge in [-0.05, 0) is 48.1 Å². The normalized spacial score (nSPS) is 11.9. The maximum atomic E-state index is 12.8. The van der Waals surface area contributed by atoms with Crippen LogP contribution in [0, 0.1) is 5.92 Å².